The fourth-order valence-corrected chi connectivity index (χ4v) is 2.63. The van der Waals surface area contributed by atoms with Crippen molar-refractivity contribution in [3.63, 3.8) is 0 Å². The molecule has 0 radical (unpaired) electrons. The minimum Gasteiger partial charge on any atom is -0.289 e. The Balaban J connectivity index is 2.48. The standard InChI is InChI=1S/C18H19BrO/c1-4-13-7-9-14(5-2)16(10-13)18(20)15-8-6-12(3)17(19)11-15/h6-11H,4-5H2,1-3H3. The summed E-state index contributed by atoms with van der Waals surface area (Å²) in [5.41, 5.74) is 5.04. The van der Waals surface area contributed by atoms with Crippen molar-refractivity contribution >= 4 is 21.7 Å². The van der Waals surface area contributed by atoms with E-state index in [-0.39, 0.29) is 5.78 Å². The molecule has 0 saturated heterocycles. The molecular formula is C18H19BrO. The van der Waals surface area contributed by atoms with Crippen LogP contribution in [0.3, 0.4) is 0 Å². The predicted molar refractivity (Wildman–Crippen MR) is 87.5 cm³/mol. The maximum Gasteiger partial charge on any atom is 0.193 e. The van der Waals surface area contributed by atoms with E-state index in [1.165, 1.54) is 5.56 Å². The SMILES string of the molecule is CCc1ccc(CC)c(C(=O)c2ccc(C)c(Br)c2)c1. The number of carbonyl (C=O) groups is 1. The van der Waals surface area contributed by atoms with Crippen LogP contribution in [0.5, 0.6) is 0 Å². The molecular weight excluding hydrogens is 312 g/mol. The molecule has 20 heavy (non-hydrogen) atoms. The normalized spacial score (nSPS) is 10.6. The molecule has 0 aliphatic rings. The summed E-state index contributed by atoms with van der Waals surface area (Å²) in [5.74, 6) is 0.109. The molecule has 0 aliphatic carbocycles. The molecule has 1 nitrogen and oxygen atoms in total. The Hall–Kier alpha value is -1.41. The van der Waals surface area contributed by atoms with Crippen LogP contribution < -0.4 is 0 Å². The van der Waals surface area contributed by atoms with Gasteiger partial charge in [0.05, 0.1) is 0 Å². The van der Waals surface area contributed by atoms with E-state index in [0.29, 0.717) is 0 Å². The van der Waals surface area contributed by atoms with E-state index in [1.807, 2.05) is 31.2 Å². The zero-order valence-electron chi connectivity index (χ0n) is 12.2. The molecule has 0 unspecified atom stereocenters. The summed E-state index contributed by atoms with van der Waals surface area (Å²) in [5, 5.41) is 0. The zero-order valence-corrected chi connectivity index (χ0v) is 13.8. The van der Waals surface area contributed by atoms with E-state index in [2.05, 4.69) is 41.9 Å². The number of hydrogen-bond acceptors (Lipinski definition) is 1. The van der Waals surface area contributed by atoms with Crippen LogP contribution in [-0.4, -0.2) is 5.78 Å². The molecule has 0 aromatic heterocycles. The van der Waals surface area contributed by atoms with Crippen molar-refractivity contribution in [1.82, 2.24) is 0 Å². The average molecular weight is 331 g/mol. The third-order valence-electron chi connectivity index (χ3n) is 3.64. The summed E-state index contributed by atoms with van der Waals surface area (Å²) in [6.45, 7) is 6.22. The Morgan fingerprint density at radius 3 is 2.40 bits per heavy atom. The van der Waals surface area contributed by atoms with Crippen molar-refractivity contribution in [2.75, 3.05) is 0 Å². The molecule has 2 aromatic carbocycles. The summed E-state index contributed by atoms with van der Waals surface area (Å²) in [6, 6.07) is 12.0. The molecule has 0 heterocycles. The number of hydrogen-bond donors (Lipinski definition) is 0. The smallest absolute Gasteiger partial charge is 0.193 e. The quantitative estimate of drug-likeness (QED) is 0.711. The van der Waals surface area contributed by atoms with Gasteiger partial charge in [0.2, 0.25) is 0 Å². The molecule has 104 valence electrons. The molecule has 0 aliphatic heterocycles. The monoisotopic (exact) mass is 330 g/mol. The Morgan fingerprint density at radius 1 is 1.05 bits per heavy atom. The number of carbonyl (C=O) groups excluding carboxylic acids is 1. The molecule has 0 bridgehead atoms. The van der Waals surface area contributed by atoms with Gasteiger partial charge < -0.3 is 0 Å². The fraction of sp³-hybridized carbons (Fsp3) is 0.278. The van der Waals surface area contributed by atoms with Crippen LogP contribution in [-0.2, 0) is 12.8 Å². The van der Waals surface area contributed by atoms with Gasteiger partial charge in [-0.05, 0) is 48.6 Å². The van der Waals surface area contributed by atoms with Gasteiger partial charge >= 0.3 is 0 Å². The molecule has 0 atom stereocenters. The van der Waals surface area contributed by atoms with Gasteiger partial charge in [0, 0.05) is 15.6 Å². The third-order valence-corrected chi connectivity index (χ3v) is 4.50. The number of rotatable bonds is 4. The topological polar surface area (TPSA) is 17.1 Å². The predicted octanol–water partition coefficient (Wildman–Crippen LogP) is 5.11. The van der Waals surface area contributed by atoms with Crippen molar-refractivity contribution in [2.24, 2.45) is 0 Å². The van der Waals surface area contributed by atoms with Crippen molar-refractivity contribution in [3.8, 4) is 0 Å². The summed E-state index contributed by atoms with van der Waals surface area (Å²) < 4.78 is 0.980. The van der Waals surface area contributed by atoms with Gasteiger partial charge in [-0.25, -0.2) is 0 Å². The highest BCUT2D eigenvalue weighted by atomic mass is 79.9. The number of aryl methyl sites for hydroxylation is 3. The average Bonchev–Trinajstić information content (AvgIpc) is 2.48. The Kier molecular flexibility index (Phi) is 4.77. The van der Waals surface area contributed by atoms with Gasteiger partial charge in [-0.2, -0.15) is 0 Å². The van der Waals surface area contributed by atoms with Crippen LogP contribution in [0.2, 0.25) is 0 Å². The van der Waals surface area contributed by atoms with Crippen LogP contribution in [0.25, 0.3) is 0 Å². The largest absolute Gasteiger partial charge is 0.289 e. The van der Waals surface area contributed by atoms with Gasteiger partial charge in [-0.15, -0.1) is 0 Å². The highest BCUT2D eigenvalue weighted by molar-refractivity contribution is 9.10. The lowest BCUT2D eigenvalue weighted by atomic mass is 9.94. The van der Waals surface area contributed by atoms with Gasteiger partial charge in [-0.1, -0.05) is 54.0 Å². The maximum absolute atomic E-state index is 12.7. The second-order valence-corrected chi connectivity index (χ2v) is 5.85. The van der Waals surface area contributed by atoms with Gasteiger partial charge in [0.15, 0.2) is 5.78 Å². The van der Waals surface area contributed by atoms with Crippen LogP contribution >= 0.6 is 15.9 Å². The van der Waals surface area contributed by atoms with E-state index < -0.39 is 0 Å². The molecule has 0 amide bonds. The summed E-state index contributed by atoms with van der Waals surface area (Å²) in [4.78, 5) is 12.7. The van der Waals surface area contributed by atoms with Crippen LogP contribution in [0.15, 0.2) is 40.9 Å². The van der Waals surface area contributed by atoms with Crippen LogP contribution in [0.1, 0.15) is 46.5 Å². The van der Waals surface area contributed by atoms with Gasteiger partial charge in [-0.3, -0.25) is 4.79 Å². The van der Waals surface area contributed by atoms with Gasteiger partial charge in [0.25, 0.3) is 0 Å². The molecule has 0 N–H and O–H groups in total. The summed E-state index contributed by atoms with van der Waals surface area (Å²) in [7, 11) is 0. The van der Waals surface area contributed by atoms with E-state index in [9.17, 15) is 4.79 Å². The zero-order chi connectivity index (χ0) is 14.7. The van der Waals surface area contributed by atoms with Crippen molar-refractivity contribution in [3.05, 3.63) is 68.7 Å². The maximum atomic E-state index is 12.7. The molecule has 2 heteroatoms. The lowest BCUT2D eigenvalue weighted by Gasteiger charge is -2.10. The van der Waals surface area contributed by atoms with Crippen LogP contribution in [0.4, 0.5) is 0 Å². The van der Waals surface area contributed by atoms with Crippen molar-refractivity contribution < 1.29 is 4.79 Å². The number of benzene rings is 2. The van der Waals surface area contributed by atoms with E-state index in [1.54, 1.807) is 0 Å². The lowest BCUT2D eigenvalue weighted by Crippen LogP contribution is -2.06. The van der Waals surface area contributed by atoms with E-state index in [4.69, 9.17) is 0 Å². The molecule has 0 saturated carbocycles. The fourth-order valence-electron chi connectivity index (χ4n) is 2.25. The summed E-state index contributed by atoms with van der Waals surface area (Å²) >= 11 is 3.50. The molecule has 2 aromatic rings. The highest BCUT2D eigenvalue weighted by Crippen LogP contribution is 2.22. The first-order chi connectivity index (χ1) is 9.56. The second-order valence-electron chi connectivity index (χ2n) is 4.99. The first-order valence-electron chi connectivity index (χ1n) is 6.99. The Morgan fingerprint density at radius 2 is 1.80 bits per heavy atom. The van der Waals surface area contributed by atoms with Crippen LogP contribution in [0, 0.1) is 6.92 Å². The minimum atomic E-state index is 0.109. The first-order valence-corrected chi connectivity index (χ1v) is 7.78. The van der Waals surface area contributed by atoms with Crippen molar-refractivity contribution in [1.29, 1.82) is 0 Å². The lowest BCUT2D eigenvalue weighted by molar-refractivity contribution is 0.103. The van der Waals surface area contributed by atoms with Crippen molar-refractivity contribution in [2.45, 2.75) is 33.6 Å². The third kappa shape index (κ3) is 3.01. The highest BCUT2D eigenvalue weighted by Gasteiger charge is 2.14. The van der Waals surface area contributed by atoms with E-state index >= 15 is 0 Å². The van der Waals surface area contributed by atoms with Gasteiger partial charge in [0.1, 0.15) is 0 Å². The van der Waals surface area contributed by atoms with E-state index in [0.717, 1.165) is 39.6 Å². The number of ketones is 1. The Labute approximate surface area is 129 Å². The molecule has 0 fully saturated rings. The first kappa shape index (κ1) is 15.0. The number of halogens is 1. The minimum absolute atomic E-state index is 0.109. The summed E-state index contributed by atoms with van der Waals surface area (Å²) in [6.07, 6.45) is 1.82. The Bertz CT molecular complexity index is 644. The second kappa shape index (κ2) is 6.36. The molecule has 0 spiro atoms. The molecule has 2 rings (SSSR count).